The number of carboxylic acids is 1. The minimum Gasteiger partial charge on any atom is -0.480 e. The van der Waals surface area contributed by atoms with E-state index >= 15 is 0 Å². The summed E-state index contributed by atoms with van der Waals surface area (Å²) in [6.45, 7) is 0. The standard InChI is InChI=1S/C19H15NO5S2/c21-17-13-7-6-12(27(24)11-4-2-1-3-5-11)8-16(13)25-9-14(17)18-20-15(10-26-18)19(22)23/h1-9,15,18,20H,10H2,(H,22,23)/t15-,18?,27?/m1/s1. The molecule has 3 aromatic rings. The molecule has 1 aliphatic rings. The maximum absolute atomic E-state index is 12.8. The monoisotopic (exact) mass is 401 g/mol. The molecule has 4 rings (SSSR count). The number of thioether (sulfide) groups is 1. The summed E-state index contributed by atoms with van der Waals surface area (Å²) in [7, 11) is -1.37. The van der Waals surface area contributed by atoms with Crippen molar-refractivity contribution in [1.82, 2.24) is 5.32 Å². The first-order valence-corrected chi connectivity index (χ1v) is 10.4. The van der Waals surface area contributed by atoms with Gasteiger partial charge < -0.3 is 9.52 Å². The molecule has 0 saturated carbocycles. The Morgan fingerprint density at radius 3 is 2.67 bits per heavy atom. The number of nitrogens with one attached hydrogen (secondary N) is 1. The van der Waals surface area contributed by atoms with E-state index < -0.39 is 28.2 Å². The summed E-state index contributed by atoms with van der Waals surface area (Å²) in [5.41, 5.74) is 0.515. The molecule has 8 heteroatoms. The fraction of sp³-hybridized carbons (Fsp3) is 0.158. The smallest absolute Gasteiger partial charge is 0.321 e. The zero-order chi connectivity index (χ0) is 19.0. The molecule has 1 aromatic heterocycles. The van der Waals surface area contributed by atoms with Gasteiger partial charge in [-0.05, 0) is 30.3 Å². The molecule has 1 aliphatic heterocycles. The van der Waals surface area contributed by atoms with Crippen LogP contribution in [0.25, 0.3) is 11.0 Å². The van der Waals surface area contributed by atoms with Crippen molar-refractivity contribution in [2.24, 2.45) is 0 Å². The second-order valence-corrected chi connectivity index (χ2v) is 8.65. The first-order chi connectivity index (χ1) is 13.0. The van der Waals surface area contributed by atoms with Crippen molar-refractivity contribution >= 4 is 39.5 Å². The molecular formula is C19H15NO5S2. The van der Waals surface area contributed by atoms with E-state index in [1.807, 2.05) is 18.2 Å². The van der Waals surface area contributed by atoms with Crippen molar-refractivity contribution in [2.45, 2.75) is 21.2 Å². The summed E-state index contributed by atoms with van der Waals surface area (Å²) < 4.78 is 18.3. The molecule has 6 nitrogen and oxygen atoms in total. The van der Waals surface area contributed by atoms with E-state index in [4.69, 9.17) is 9.52 Å². The third-order valence-electron chi connectivity index (χ3n) is 4.31. The third kappa shape index (κ3) is 3.43. The minimum absolute atomic E-state index is 0.218. The molecule has 2 heterocycles. The van der Waals surface area contributed by atoms with Crippen molar-refractivity contribution in [3.8, 4) is 0 Å². The van der Waals surface area contributed by atoms with E-state index in [0.29, 0.717) is 32.1 Å². The molecule has 0 amide bonds. The summed E-state index contributed by atoms with van der Waals surface area (Å²) in [4.78, 5) is 25.1. The lowest BCUT2D eigenvalue weighted by atomic mass is 10.1. The van der Waals surface area contributed by atoms with E-state index in [2.05, 4.69) is 5.32 Å². The van der Waals surface area contributed by atoms with Crippen LogP contribution in [0.3, 0.4) is 0 Å². The molecule has 0 radical (unpaired) electrons. The van der Waals surface area contributed by atoms with Gasteiger partial charge in [-0.2, -0.15) is 0 Å². The van der Waals surface area contributed by atoms with E-state index in [1.54, 1.807) is 30.3 Å². The Hall–Kier alpha value is -2.42. The van der Waals surface area contributed by atoms with Crippen LogP contribution < -0.4 is 10.7 Å². The second-order valence-electron chi connectivity index (χ2n) is 6.03. The average molecular weight is 401 g/mol. The van der Waals surface area contributed by atoms with Crippen LogP contribution >= 0.6 is 11.8 Å². The maximum atomic E-state index is 12.8. The third-order valence-corrected chi connectivity index (χ3v) is 6.94. The van der Waals surface area contributed by atoms with Gasteiger partial charge in [0.1, 0.15) is 17.9 Å². The number of carboxylic acid groups (broad SMARTS) is 1. The van der Waals surface area contributed by atoms with Crippen LogP contribution in [-0.4, -0.2) is 27.1 Å². The maximum Gasteiger partial charge on any atom is 0.321 e. The number of carbonyl (C=O) groups is 1. The average Bonchev–Trinajstić information content (AvgIpc) is 3.18. The van der Waals surface area contributed by atoms with Gasteiger partial charge in [-0.1, -0.05) is 18.2 Å². The largest absolute Gasteiger partial charge is 0.480 e. The van der Waals surface area contributed by atoms with Crippen LogP contribution in [-0.2, 0) is 15.6 Å². The fourth-order valence-corrected chi connectivity index (χ4v) is 5.20. The SMILES string of the molecule is O=C(O)[C@H]1CSC(c2coc3cc(S(=O)c4ccccc4)ccc3c2=O)N1. The van der Waals surface area contributed by atoms with Gasteiger partial charge in [0.05, 0.1) is 27.1 Å². The Kier molecular flexibility index (Phi) is 4.86. The number of rotatable bonds is 4. The Balaban J connectivity index is 1.68. The molecule has 0 bridgehead atoms. The van der Waals surface area contributed by atoms with Crippen molar-refractivity contribution in [3.63, 3.8) is 0 Å². The molecule has 0 spiro atoms. The van der Waals surface area contributed by atoms with E-state index in [9.17, 15) is 13.8 Å². The highest BCUT2D eigenvalue weighted by Gasteiger charge is 2.32. The topological polar surface area (TPSA) is 96.6 Å². The molecule has 2 aromatic carbocycles. The predicted molar refractivity (Wildman–Crippen MR) is 103 cm³/mol. The predicted octanol–water partition coefficient (Wildman–Crippen LogP) is 2.75. The molecule has 1 fully saturated rings. The highest BCUT2D eigenvalue weighted by Crippen LogP contribution is 2.32. The summed E-state index contributed by atoms with van der Waals surface area (Å²) in [5.74, 6) is -0.560. The molecule has 0 aliphatic carbocycles. The van der Waals surface area contributed by atoms with Crippen molar-refractivity contribution in [3.05, 3.63) is 70.6 Å². The lowest BCUT2D eigenvalue weighted by Gasteiger charge is -2.11. The van der Waals surface area contributed by atoms with Gasteiger partial charge in [-0.25, -0.2) is 4.21 Å². The summed E-state index contributed by atoms with van der Waals surface area (Å²) >= 11 is 1.36. The van der Waals surface area contributed by atoms with E-state index in [-0.39, 0.29) is 5.43 Å². The van der Waals surface area contributed by atoms with Crippen molar-refractivity contribution < 1.29 is 18.5 Å². The van der Waals surface area contributed by atoms with Crippen LogP contribution in [0.1, 0.15) is 10.9 Å². The minimum atomic E-state index is -1.37. The van der Waals surface area contributed by atoms with Crippen LogP contribution in [0.15, 0.2) is 73.8 Å². The summed E-state index contributed by atoms with van der Waals surface area (Å²) in [5, 5.41) is 12.0. The Morgan fingerprint density at radius 2 is 1.96 bits per heavy atom. The number of fused-ring (bicyclic) bond motifs is 1. The van der Waals surface area contributed by atoms with Gasteiger partial charge in [0.2, 0.25) is 0 Å². The zero-order valence-corrected chi connectivity index (χ0v) is 15.6. The first kappa shape index (κ1) is 18.0. The highest BCUT2D eigenvalue weighted by atomic mass is 32.2. The van der Waals surface area contributed by atoms with E-state index in [0.717, 1.165) is 0 Å². The van der Waals surface area contributed by atoms with Crippen molar-refractivity contribution in [1.29, 1.82) is 0 Å². The normalized spacial score (nSPS) is 20.6. The van der Waals surface area contributed by atoms with E-state index in [1.165, 1.54) is 18.0 Å². The fourth-order valence-electron chi connectivity index (χ4n) is 2.89. The zero-order valence-electron chi connectivity index (χ0n) is 14.0. The van der Waals surface area contributed by atoms with Gasteiger partial charge in [0.25, 0.3) is 0 Å². The van der Waals surface area contributed by atoms with Crippen LogP contribution in [0.2, 0.25) is 0 Å². The molecule has 138 valence electrons. The molecule has 2 unspecified atom stereocenters. The molecule has 3 atom stereocenters. The van der Waals surface area contributed by atoms with Crippen LogP contribution in [0.5, 0.6) is 0 Å². The Labute approximate surface area is 161 Å². The molecule has 27 heavy (non-hydrogen) atoms. The number of hydrogen-bond acceptors (Lipinski definition) is 6. The van der Waals surface area contributed by atoms with Gasteiger partial charge in [-0.3, -0.25) is 14.9 Å². The quantitative estimate of drug-likeness (QED) is 0.694. The molecular weight excluding hydrogens is 386 g/mol. The number of hydrogen-bond donors (Lipinski definition) is 2. The Bertz CT molecular complexity index is 1100. The van der Waals surface area contributed by atoms with Gasteiger partial charge in [-0.15, -0.1) is 11.8 Å². The van der Waals surface area contributed by atoms with Crippen molar-refractivity contribution in [2.75, 3.05) is 5.75 Å². The van der Waals surface area contributed by atoms with Crippen LogP contribution in [0.4, 0.5) is 0 Å². The summed E-state index contributed by atoms with van der Waals surface area (Å²) in [6.07, 6.45) is 1.36. The van der Waals surface area contributed by atoms with Gasteiger partial charge in [0, 0.05) is 15.5 Å². The highest BCUT2D eigenvalue weighted by molar-refractivity contribution is 7.99. The van der Waals surface area contributed by atoms with Crippen LogP contribution in [0, 0.1) is 0 Å². The lowest BCUT2D eigenvalue weighted by Crippen LogP contribution is -2.34. The number of benzene rings is 2. The summed E-state index contributed by atoms with van der Waals surface area (Å²) in [6, 6.07) is 13.2. The number of aliphatic carboxylic acids is 1. The molecule has 1 saturated heterocycles. The molecule has 2 N–H and O–H groups in total. The lowest BCUT2D eigenvalue weighted by molar-refractivity contribution is -0.138. The second kappa shape index (κ2) is 7.30. The first-order valence-electron chi connectivity index (χ1n) is 8.17. The van der Waals surface area contributed by atoms with Gasteiger partial charge in [0.15, 0.2) is 5.43 Å². The van der Waals surface area contributed by atoms with Gasteiger partial charge >= 0.3 is 5.97 Å². The Morgan fingerprint density at radius 1 is 1.19 bits per heavy atom.